The van der Waals surface area contributed by atoms with Gasteiger partial charge < -0.3 is 14.5 Å². The van der Waals surface area contributed by atoms with E-state index in [1.54, 1.807) is 6.07 Å². The second-order valence-corrected chi connectivity index (χ2v) is 7.31. The van der Waals surface area contributed by atoms with Gasteiger partial charge in [-0.2, -0.15) is 0 Å². The fourth-order valence-electron chi connectivity index (χ4n) is 3.27. The molecule has 4 aromatic heterocycles. The van der Waals surface area contributed by atoms with E-state index in [4.69, 9.17) is 16.3 Å². The van der Waals surface area contributed by atoms with Crippen LogP contribution in [0.15, 0.2) is 61.2 Å². The lowest BCUT2D eigenvalue weighted by Gasteiger charge is -2.12. The smallest absolute Gasteiger partial charge is 0.160 e. The Morgan fingerprint density at radius 2 is 1.90 bits per heavy atom. The number of nitrogens with zero attached hydrogens (tertiary/aromatic N) is 5. The van der Waals surface area contributed by atoms with Crippen molar-refractivity contribution >= 4 is 39.8 Å². The highest BCUT2D eigenvalue weighted by Gasteiger charge is 2.09. The van der Waals surface area contributed by atoms with E-state index in [0.717, 1.165) is 39.6 Å². The van der Waals surface area contributed by atoms with E-state index in [9.17, 15) is 0 Å². The Balaban J connectivity index is 1.41. The predicted octanol–water partition coefficient (Wildman–Crippen LogP) is 5.48. The van der Waals surface area contributed by atoms with Crippen molar-refractivity contribution in [3.05, 3.63) is 77.6 Å². The van der Waals surface area contributed by atoms with Crippen molar-refractivity contribution < 1.29 is 4.74 Å². The number of imidazole rings is 1. The average Bonchev–Trinajstić information content (AvgIpc) is 3.11. The van der Waals surface area contributed by atoms with Crippen molar-refractivity contribution in [1.29, 1.82) is 0 Å². The third-order valence-electron chi connectivity index (χ3n) is 4.78. The minimum atomic E-state index is 0.393. The fraction of sp³-hybridized carbons (Fsp3) is 0.0909. The molecule has 30 heavy (non-hydrogen) atoms. The zero-order chi connectivity index (χ0) is 20.7. The summed E-state index contributed by atoms with van der Waals surface area (Å²) in [5, 5.41) is 3.69. The Labute approximate surface area is 177 Å². The Bertz CT molecular complexity index is 1400. The van der Waals surface area contributed by atoms with Crippen LogP contribution in [0.25, 0.3) is 16.7 Å². The first-order chi connectivity index (χ1) is 14.6. The third kappa shape index (κ3) is 3.40. The zero-order valence-corrected chi connectivity index (χ0v) is 17.1. The van der Waals surface area contributed by atoms with Gasteiger partial charge in [-0.3, -0.25) is 0 Å². The molecule has 4 heterocycles. The van der Waals surface area contributed by atoms with E-state index >= 15 is 0 Å². The van der Waals surface area contributed by atoms with Gasteiger partial charge in [0.15, 0.2) is 5.82 Å². The molecule has 0 bridgehead atoms. The maximum Gasteiger partial charge on any atom is 0.160 e. The molecule has 0 radical (unpaired) electrons. The molecule has 7 nitrogen and oxygen atoms in total. The quantitative estimate of drug-likeness (QED) is 0.391. The SMILES string of the molecule is Cc1cc(Nc2ncnc3ccc(Cl)nc23)ccc1Oc1ccn2c(C)cnc2c1. The van der Waals surface area contributed by atoms with E-state index in [0.29, 0.717) is 16.5 Å². The standard InChI is InChI=1S/C22H17ClN6O/c1-13-9-15(27-22-21-17(25-12-26-22)4-6-19(23)28-21)3-5-18(13)30-16-7-8-29-14(2)11-24-20(29)10-16/h3-12H,1-2H3,(H,25,26,27). The van der Waals surface area contributed by atoms with Gasteiger partial charge >= 0.3 is 0 Å². The van der Waals surface area contributed by atoms with Crippen molar-refractivity contribution in [2.75, 3.05) is 5.32 Å². The van der Waals surface area contributed by atoms with E-state index in [2.05, 4.69) is 25.3 Å². The second kappa shape index (κ2) is 7.27. The van der Waals surface area contributed by atoms with Gasteiger partial charge in [0.05, 0.1) is 5.52 Å². The molecule has 5 aromatic rings. The summed E-state index contributed by atoms with van der Waals surface area (Å²) in [6, 6.07) is 13.2. The van der Waals surface area contributed by atoms with Crippen LogP contribution < -0.4 is 10.1 Å². The molecule has 0 fully saturated rings. The molecule has 0 atom stereocenters. The van der Waals surface area contributed by atoms with Crippen LogP contribution in [-0.4, -0.2) is 24.3 Å². The molecule has 1 aromatic carbocycles. The number of pyridine rings is 2. The maximum absolute atomic E-state index is 6.08. The molecule has 0 unspecified atom stereocenters. The first kappa shape index (κ1) is 18.3. The highest BCUT2D eigenvalue weighted by atomic mass is 35.5. The Hall–Kier alpha value is -3.71. The number of rotatable bonds is 4. The molecule has 0 spiro atoms. The van der Waals surface area contributed by atoms with Crippen LogP contribution >= 0.6 is 11.6 Å². The topological polar surface area (TPSA) is 77.2 Å². The Morgan fingerprint density at radius 1 is 1.00 bits per heavy atom. The van der Waals surface area contributed by atoms with Crippen LogP contribution in [0.5, 0.6) is 11.5 Å². The molecule has 0 aliphatic carbocycles. The number of benzene rings is 1. The number of anilines is 2. The van der Waals surface area contributed by atoms with Crippen LogP contribution in [0.2, 0.25) is 5.15 Å². The van der Waals surface area contributed by atoms with Crippen LogP contribution in [0.4, 0.5) is 11.5 Å². The van der Waals surface area contributed by atoms with Gasteiger partial charge in [-0.25, -0.2) is 19.9 Å². The number of ether oxygens (including phenoxy) is 1. The van der Waals surface area contributed by atoms with Gasteiger partial charge in [-0.15, -0.1) is 0 Å². The molecule has 8 heteroatoms. The molecule has 0 saturated carbocycles. The van der Waals surface area contributed by atoms with Crippen LogP contribution in [-0.2, 0) is 0 Å². The summed E-state index contributed by atoms with van der Waals surface area (Å²) < 4.78 is 8.09. The highest BCUT2D eigenvalue weighted by Crippen LogP contribution is 2.30. The summed E-state index contributed by atoms with van der Waals surface area (Å²) in [5.41, 5.74) is 5.10. The average molecular weight is 417 g/mol. The summed E-state index contributed by atoms with van der Waals surface area (Å²) in [4.78, 5) is 17.3. The monoisotopic (exact) mass is 416 g/mol. The molecule has 5 rings (SSSR count). The van der Waals surface area contributed by atoms with E-state index < -0.39 is 0 Å². The highest BCUT2D eigenvalue weighted by molar-refractivity contribution is 6.29. The number of nitrogens with one attached hydrogen (secondary N) is 1. The lowest BCUT2D eigenvalue weighted by Crippen LogP contribution is -1.98. The molecular weight excluding hydrogens is 400 g/mol. The number of aromatic nitrogens is 5. The normalized spacial score (nSPS) is 11.2. The first-order valence-corrected chi connectivity index (χ1v) is 9.71. The molecule has 0 amide bonds. The van der Waals surface area contributed by atoms with Gasteiger partial charge in [0.2, 0.25) is 0 Å². The number of fused-ring (bicyclic) bond motifs is 2. The Kier molecular flexibility index (Phi) is 4.44. The van der Waals surface area contributed by atoms with Crippen LogP contribution in [0.3, 0.4) is 0 Å². The molecule has 0 aliphatic heterocycles. The summed E-state index contributed by atoms with van der Waals surface area (Å²) in [7, 11) is 0. The Morgan fingerprint density at radius 3 is 2.77 bits per heavy atom. The van der Waals surface area contributed by atoms with Crippen molar-refractivity contribution in [1.82, 2.24) is 24.3 Å². The first-order valence-electron chi connectivity index (χ1n) is 9.33. The molecule has 1 N–H and O–H groups in total. The number of hydrogen-bond acceptors (Lipinski definition) is 6. The summed E-state index contributed by atoms with van der Waals surface area (Å²) in [6.45, 7) is 4.01. The lowest BCUT2D eigenvalue weighted by molar-refractivity contribution is 0.478. The molecule has 0 aliphatic rings. The van der Waals surface area contributed by atoms with Gasteiger partial charge in [0.1, 0.15) is 34.1 Å². The summed E-state index contributed by atoms with van der Waals surface area (Å²) in [5.74, 6) is 2.09. The molecule has 148 valence electrons. The fourth-order valence-corrected chi connectivity index (χ4v) is 3.41. The molecular formula is C22H17ClN6O. The van der Waals surface area contributed by atoms with Crippen molar-refractivity contribution in [2.24, 2.45) is 0 Å². The van der Waals surface area contributed by atoms with Crippen molar-refractivity contribution in [2.45, 2.75) is 13.8 Å². The maximum atomic E-state index is 6.08. The minimum Gasteiger partial charge on any atom is -0.457 e. The lowest BCUT2D eigenvalue weighted by atomic mass is 10.2. The van der Waals surface area contributed by atoms with Crippen molar-refractivity contribution in [3.8, 4) is 11.5 Å². The number of aryl methyl sites for hydroxylation is 2. The predicted molar refractivity (Wildman–Crippen MR) is 117 cm³/mol. The van der Waals surface area contributed by atoms with E-state index in [1.807, 2.05) is 67.0 Å². The van der Waals surface area contributed by atoms with E-state index in [1.165, 1.54) is 6.33 Å². The summed E-state index contributed by atoms with van der Waals surface area (Å²) >= 11 is 6.04. The summed E-state index contributed by atoms with van der Waals surface area (Å²) in [6.07, 6.45) is 5.29. The van der Waals surface area contributed by atoms with Gasteiger partial charge in [0, 0.05) is 29.8 Å². The van der Waals surface area contributed by atoms with Crippen molar-refractivity contribution in [3.63, 3.8) is 0 Å². The van der Waals surface area contributed by atoms with Crippen LogP contribution in [0, 0.1) is 13.8 Å². The van der Waals surface area contributed by atoms with E-state index in [-0.39, 0.29) is 0 Å². The molecule has 0 saturated heterocycles. The van der Waals surface area contributed by atoms with Crippen LogP contribution in [0.1, 0.15) is 11.3 Å². The number of hydrogen-bond donors (Lipinski definition) is 1. The largest absolute Gasteiger partial charge is 0.457 e. The zero-order valence-electron chi connectivity index (χ0n) is 16.3. The van der Waals surface area contributed by atoms with Gasteiger partial charge in [0.25, 0.3) is 0 Å². The van der Waals surface area contributed by atoms with Gasteiger partial charge in [-0.1, -0.05) is 11.6 Å². The third-order valence-corrected chi connectivity index (χ3v) is 4.99. The van der Waals surface area contributed by atoms with Gasteiger partial charge in [-0.05, 0) is 55.8 Å². The second-order valence-electron chi connectivity index (χ2n) is 6.92. The minimum absolute atomic E-state index is 0.393. The number of halogens is 1.